The van der Waals surface area contributed by atoms with Gasteiger partial charge in [-0.05, 0) is 30.5 Å². The first-order valence-corrected chi connectivity index (χ1v) is 4.35. The van der Waals surface area contributed by atoms with Gasteiger partial charge in [0.1, 0.15) is 0 Å². The summed E-state index contributed by atoms with van der Waals surface area (Å²) in [4.78, 5) is 3.10. The van der Waals surface area contributed by atoms with Crippen LogP contribution in [0, 0.1) is 0 Å². The molecule has 3 heteroatoms. The SMILES string of the molecule is CCN(O)c1ccc2cc[nH]c2c1. The van der Waals surface area contributed by atoms with Crippen molar-refractivity contribution in [3.05, 3.63) is 30.5 Å². The third-order valence-corrected chi connectivity index (χ3v) is 2.14. The van der Waals surface area contributed by atoms with Gasteiger partial charge in [0.05, 0.1) is 5.69 Å². The zero-order valence-corrected chi connectivity index (χ0v) is 7.49. The van der Waals surface area contributed by atoms with E-state index in [2.05, 4.69) is 4.98 Å². The highest BCUT2D eigenvalue weighted by molar-refractivity contribution is 5.82. The Bertz CT molecular complexity index is 408. The van der Waals surface area contributed by atoms with Gasteiger partial charge < -0.3 is 4.98 Å². The Hall–Kier alpha value is -1.48. The lowest BCUT2D eigenvalue weighted by Gasteiger charge is -2.13. The summed E-state index contributed by atoms with van der Waals surface area (Å²) >= 11 is 0. The normalized spacial score (nSPS) is 10.6. The third-order valence-electron chi connectivity index (χ3n) is 2.14. The van der Waals surface area contributed by atoms with Gasteiger partial charge in [-0.15, -0.1) is 0 Å². The lowest BCUT2D eigenvalue weighted by atomic mass is 10.2. The van der Waals surface area contributed by atoms with Gasteiger partial charge in [0.15, 0.2) is 0 Å². The summed E-state index contributed by atoms with van der Waals surface area (Å²) in [5.74, 6) is 0. The van der Waals surface area contributed by atoms with E-state index in [1.54, 1.807) is 0 Å². The average Bonchev–Trinajstić information content (AvgIpc) is 2.63. The monoisotopic (exact) mass is 176 g/mol. The fourth-order valence-corrected chi connectivity index (χ4v) is 1.38. The van der Waals surface area contributed by atoms with Crippen LogP contribution in [0.3, 0.4) is 0 Å². The van der Waals surface area contributed by atoms with Crippen LogP contribution in [-0.2, 0) is 0 Å². The van der Waals surface area contributed by atoms with E-state index < -0.39 is 0 Å². The van der Waals surface area contributed by atoms with Crippen molar-refractivity contribution in [3.8, 4) is 0 Å². The standard InChI is InChI=1S/C10H12N2O/c1-2-12(13)9-4-3-8-5-6-11-10(8)7-9/h3-7,11,13H,2H2,1H3. The molecule has 68 valence electrons. The molecule has 0 spiro atoms. The minimum absolute atomic E-state index is 0.589. The first-order valence-electron chi connectivity index (χ1n) is 4.35. The Balaban J connectivity index is 2.48. The average molecular weight is 176 g/mol. The highest BCUT2D eigenvalue weighted by Crippen LogP contribution is 2.19. The number of hydrogen-bond donors (Lipinski definition) is 2. The van der Waals surface area contributed by atoms with Crippen molar-refractivity contribution in [2.45, 2.75) is 6.92 Å². The van der Waals surface area contributed by atoms with Crippen LogP contribution < -0.4 is 5.06 Å². The molecule has 0 aliphatic heterocycles. The lowest BCUT2D eigenvalue weighted by Crippen LogP contribution is -2.16. The largest absolute Gasteiger partial charge is 0.361 e. The number of hydroxylamine groups is 1. The number of fused-ring (bicyclic) bond motifs is 1. The Kier molecular flexibility index (Phi) is 1.94. The summed E-state index contributed by atoms with van der Waals surface area (Å²) < 4.78 is 0. The molecule has 0 atom stereocenters. The Morgan fingerprint density at radius 1 is 1.38 bits per heavy atom. The molecule has 0 aliphatic rings. The molecule has 0 fully saturated rings. The molecule has 1 aromatic carbocycles. The summed E-state index contributed by atoms with van der Waals surface area (Å²) in [5.41, 5.74) is 1.86. The topological polar surface area (TPSA) is 39.3 Å². The molecule has 0 saturated heterocycles. The fourth-order valence-electron chi connectivity index (χ4n) is 1.38. The Morgan fingerprint density at radius 2 is 2.23 bits per heavy atom. The minimum Gasteiger partial charge on any atom is -0.361 e. The number of nitrogens with one attached hydrogen (secondary N) is 1. The van der Waals surface area contributed by atoms with Crippen LogP contribution in [0.4, 0.5) is 5.69 Å². The molecular formula is C10H12N2O. The molecule has 0 radical (unpaired) electrons. The molecule has 0 aliphatic carbocycles. The summed E-state index contributed by atoms with van der Waals surface area (Å²) in [6.45, 7) is 2.49. The van der Waals surface area contributed by atoms with Gasteiger partial charge >= 0.3 is 0 Å². The Morgan fingerprint density at radius 3 is 3.00 bits per heavy atom. The van der Waals surface area contributed by atoms with Gasteiger partial charge in [-0.2, -0.15) is 0 Å². The molecule has 2 N–H and O–H groups in total. The molecule has 0 bridgehead atoms. The number of anilines is 1. The molecule has 2 rings (SSSR count). The van der Waals surface area contributed by atoms with Crippen molar-refractivity contribution < 1.29 is 5.21 Å². The summed E-state index contributed by atoms with van der Waals surface area (Å²) in [6, 6.07) is 7.82. The molecule has 2 aromatic rings. The minimum atomic E-state index is 0.589. The van der Waals surface area contributed by atoms with E-state index in [0.29, 0.717) is 6.54 Å². The van der Waals surface area contributed by atoms with Crippen LogP contribution in [0.15, 0.2) is 30.5 Å². The van der Waals surface area contributed by atoms with Gasteiger partial charge in [-0.3, -0.25) is 10.3 Å². The molecule has 3 nitrogen and oxygen atoms in total. The van der Waals surface area contributed by atoms with Crippen LogP contribution in [0.25, 0.3) is 10.9 Å². The maximum Gasteiger partial charge on any atom is 0.0655 e. The number of benzene rings is 1. The maximum absolute atomic E-state index is 9.45. The van der Waals surface area contributed by atoms with Gasteiger partial charge in [0.2, 0.25) is 0 Å². The van der Waals surface area contributed by atoms with Crippen molar-refractivity contribution in [1.29, 1.82) is 0 Å². The number of H-pyrrole nitrogens is 1. The van der Waals surface area contributed by atoms with Crippen LogP contribution >= 0.6 is 0 Å². The maximum atomic E-state index is 9.45. The molecule has 0 unspecified atom stereocenters. The van der Waals surface area contributed by atoms with Gasteiger partial charge in [0.25, 0.3) is 0 Å². The summed E-state index contributed by atoms with van der Waals surface area (Å²) in [5, 5.41) is 11.8. The first kappa shape index (κ1) is 8.13. The molecule has 1 heterocycles. The van der Waals surface area contributed by atoms with E-state index in [9.17, 15) is 5.21 Å². The van der Waals surface area contributed by atoms with Crippen molar-refractivity contribution in [1.82, 2.24) is 4.98 Å². The van der Waals surface area contributed by atoms with Crippen molar-refractivity contribution in [3.63, 3.8) is 0 Å². The van der Waals surface area contributed by atoms with Gasteiger partial charge in [0, 0.05) is 18.3 Å². The second-order valence-electron chi connectivity index (χ2n) is 2.96. The number of nitrogens with zero attached hydrogens (tertiary/aromatic N) is 1. The molecule has 13 heavy (non-hydrogen) atoms. The van der Waals surface area contributed by atoms with Crippen LogP contribution in [0.5, 0.6) is 0 Å². The number of rotatable bonds is 2. The van der Waals surface area contributed by atoms with Crippen molar-refractivity contribution in [2.24, 2.45) is 0 Å². The van der Waals surface area contributed by atoms with Gasteiger partial charge in [-0.25, -0.2) is 0 Å². The van der Waals surface area contributed by atoms with E-state index in [0.717, 1.165) is 16.6 Å². The van der Waals surface area contributed by atoms with Crippen LogP contribution in [-0.4, -0.2) is 16.7 Å². The summed E-state index contributed by atoms with van der Waals surface area (Å²) in [7, 11) is 0. The zero-order chi connectivity index (χ0) is 9.26. The second kappa shape index (κ2) is 3.11. The Labute approximate surface area is 76.6 Å². The van der Waals surface area contributed by atoms with Crippen molar-refractivity contribution in [2.75, 3.05) is 11.6 Å². The van der Waals surface area contributed by atoms with Crippen LogP contribution in [0.2, 0.25) is 0 Å². The number of aromatic amines is 1. The molecule has 0 saturated carbocycles. The smallest absolute Gasteiger partial charge is 0.0655 e. The first-order chi connectivity index (χ1) is 6.31. The van der Waals surface area contributed by atoms with Crippen LogP contribution in [0.1, 0.15) is 6.92 Å². The predicted octanol–water partition coefficient (Wildman–Crippen LogP) is 2.38. The van der Waals surface area contributed by atoms with Gasteiger partial charge in [-0.1, -0.05) is 6.07 Å². The zero-order valence-electron chi connectivity index (χ0n) is 7.49. The highest BCUT2D eigenvalue weighted by atomic mass is 16.5. The number of hydrogen-bond acceptors (Lipinski definition) is 2. The third kappa shape index (κ3) is 1.38. The van der Waals surface area contributed by atoms with E-state index in [-0.39, 0.29) is 0 Å². The predicted molar refractivity (Wildman–Crippen MR) is 53.1 cm³/mol. The fraction of sp³-hybridized carbons (Fsp3) is 0.200. The van der Waals surface area contributed by atoms with E-state index in [1.165, 1.54) is 5.06 Å². The second-order valence-corrected chi connectivity index (χ2v) is 2.96. The molecule has 1 aromatic heterocycles. The quantitative estimate of drug-likeness (QED) is 0.689. The van der Waals surface area contributed by atoms with E-state index in [4.69, 9.17) is 0 Å². The van der Waals surface area contributed by atoms with E-state index >= 15 is 0 Å². The molecule has 0 amide bonds. The van der Waals surface area contributed by atoms with Crippen molar-refractivity contribution >= 4 is 16.6 Å². The summed E-state index contributed by atoms with van der Waals surface area (Å²) in [6.07, 6.45) is 1.89. The lowest BCUT2D eigenvalue weighted by molar-refractivity contribution is 0.260. The highest BCUT2D eigenvalue weighted by Gasteiger charge is 2.01. The molecular weight excluding hydrogens is 164 g/mol. The number of aromatic nitrogens is 1. The van der Waals surface area contributed by atoms with E-state index in [1.807, 2.05) is 37.4 Å².